The highest BCUT2D eigenvalue weighted by atomic mass is 16.1. The number of aryl methyl sites for hydroxylation is 1. The first-order valence-electron chi connectivity index (χ1n) is 6.42. The number of nitrogens with zero attached hydrogens (tertiary/aromatic N) is 3. The van der Waals surface area contributed by atoms with Crippen molar-refractivity contribution < 1.29 is 4.79 Å². The summed E-state index contributed by atoms with van der Waals surface area (Å²) < 4.78 is 1.80. The van der Waals surface area contributed by atoms with E-state index in [1.54, 1.807) is 10.9 Å². The fourth-order valence-corrected chi connectivity index (χ4v) is 2.62. The van der Waals surface area contributed by atoms with E-state index in [0.29, 0.717) is 6.42 Å². The Morgan fingerprint density at radius 3 is 2.83 bits per heavy atom. The second-order valence-electron chi connectivity index (χ2n) is 5.34. The first-order valence-corrected chi connectivity index (χ1v) is 6.42. The molecule has 2 rings (SSSR count). The van der Waals surface area contributed by atoms with Crippen LogP contribution in [0.5, 0.6) is 0 Å². The molecule has 1 aromatic heterocycles. The van der Waals surface area contributed by atoms with Gasteiger partial charge in [0.2, 0.25) is 5.91 Å². The zero-order valence-corrected chi connectivity index (χ0v) is 11.0. The molecular weight excluding hydrogens is 230 g/mol. The Labute approximate surface area is 107 Å². The van der Waals surface area contributed by atoms with Gasteiger partial charge in [0.25, 0.3) is 0 Å². The minimum Gasteiger partial charge on any atom is -0.346 e. The molecule has 1 amide bonds. The topological polar surface area (TPSA) is 85.8 Å². The Morgan fingerprint density at radius 2 is 2.28 bits per heavy atom. The molecule has 1 atom stereocenters. The van der Waals surface area contributed by atoms with E-state index in [9.17, 15) is 4.79 Å². The van der Waals surface area contributed by atoms with E-state index in [1.165, 1.54) is 0 Å². The Bertz CT molecular complexity index is 422. The second kappa shape index (κ2) is 5.06. The Balaban J connectivity index is 1.89. The van der Waals surface area contributed by atoms with E-state index in [2.05, 4.69) is 15.5 Å². The maximum Gasteiger partial charge on any atom is 0.222 e. The third-order valence-corrected chi connectivity index (χ3v) is 3.62. The predicted molar refractivity (Wildman–Crippen MR) is 67.6 cm³/mol. The summed E-state index contributed by atoms with van der Waals surface area (Å²) in [6, 6.07) is -0.144. The molecule has 3 N–H and O–H groups in total. The highest BCUT2D eigenvalue weighted by Gasteiger charge is 2.32. The standard InChI is InChI=1S/C12H21N5O/c1-9(11-16-14-8-17(11)2)15-10(18)7-12(13)5-3-4-6-12/h8-9H,3-7,13H2,1-2H3,(H,15,18). The Morgan fingerprint density at radius 1 is 1.61 bits per heavy atom. The average Bonchev–Trinajstić information content (AvgIpc) is 2.87. The number of rotatable bonds is 4. The lowest BCUT2D eigenvalue weighted by Gasteiger charge is -2.23. The van der Waals surface area contributed by atoms with Gasteiger partial charge in [0.1, 0.15) is 6.33 Å². The lowest BCUT2D eigenvalue weighted by atomic mass is 9.94. The van der Waals surface area contributed by atoms with Crippen LogP contribution in [0.15, 0.2) is 6.33 Å². The predicted octanol–water partition coefficient (Wildman–Crippen LogP) is 0.654. The lowest BCUT2D eigenvalue weighted by Crippen LogP contribution is -2.42. The monoisotopic (exact) mass is 251 g/mol. The van der Waals surface area contributed by atoms with Crippen LogP contribution in [0, 0.1) is 0 Å². The average molecular weight is 251 g/mol. The molecule has 0 bridgehead atoms. The van der Waals surface area contributed by atoms with Gasteiger partial charge in [-0.25, -0.2) is 0 Å². The van der Waals surface area contributed by atoms with Crippen molar-refractivity contribution in [2.45, 2.75) is 50.6 Å². The van der Waals surface area contributed by atoms with Gasteiger partial charge in [0, 0.05) is 19.0 Å². The first kappa shape index (κ1) is 13.0. The van der Waals surface area contributed by atoms with Crippen LogP contribution in [0.1, 0.15) is 50.9 Å². The van der Waals surface area contributed by atoms with Gasteiger partial charge >= 0.3 is 0 Å². The fraction of sp³-hybridized carbons (Fsp3) is 0.750. The van der Waals surface area contributed by atoms with E-state index in [0.717, 1.165) is 31.5 Å². The fourth-order valence-electron chi connectivity index (χ4n) is 2.62. The van der Waals surface area contributed by atoms with Crippen LogP contribution in [-0.4, -0.2) is 26.2 Å². The van der Waals surface area contributed by atoms with Crippen LogP contribution in [0.25, 0.3) is 0 Å². The molecule has 18 heavy (non-hydrogen) atoms. The molecule has 1 fully saturated rings. The normalized spacial score (nSPS) is 19.7. The minimum absolute atomic E-state index is 0.00472. The molecule has 0 aliphatic heterocycles. The third kappa shape index (κ3) is 2.87. The van der Waals surface area contributed by atoms with E-state index < -0.39 is 0 Å². The summed E-state index contributed by atoms with van der Waals surface area (Å²) in [5.74, 6) is 0.746. The van der Waals surface area contributed by atoms with Gasteiger partial charge in [-0.3, -0.25) is 4.79 Å². The molecule has 100 valence electrons. The van der Waals surface area contributed by atoms with E-state index >= 15 is 0 Å². The number of nitrogens with two attached hydrogens (primary N) is 1. The molecule has 1 aliphatic rings. The third-order valence-electron chi connectivity index (χ3n) is 3.62. The van der Waals surface area contributed by atoms with Crippen LogP contribution in [-0.2, 0) is 11.8 Å². The van der Waals surface area contributed by atoms with Crippen LogP contribution >= 0.6 is 0 Å². The molecule has 0 saturated heterocycles. The zero-order valence-electron chi connectivity index (χ0n) is 11.0. The van der Waals surface area contributed by atoms with Crippen molar-refractivity contribution >= 4 is 5.91 Å². The maximum atomic E-state index is 12.0. The van der Waals surface area contributed by atoms with Gasteiger partial charge in [-0.15, -0.1) is 10.2 Å². The smallest absolute Gasteiger partial charge is 0.222 e. The molecule has 1 heterocycles. The summed E-state index contributed by atoms with van der Waals surface area (Å²) in [6.07, 6.45) is 6.16. The number of carbonyl (C=O) groups is 1. The van der Waals surface area contributed by atoms with Crippen molar-refractivity contribution in [3.05, 3.63) is 12.2 Å². The van der Waals surface area contributed by atoms with Gasteiger partial charge in [-0.05, 0) is 19.8 Å². The highest BCUT2D eigenvalue weighted by Crippen LogP contribution is 2.30. The summed E-state index contributed by atoms with van der Waals surface area (Å²) in [6.45, 7) is 1.90. The van der Waals surface area contributed by atoms with Gasteiger partial charge in [0.05, 0.1) is 6.04 Å². The summed E-state index contributed by atoms with van der Waals surface area (Å²) in [4.78, 5) is 12.0. The summed E-state index contributed by atoms with van der Waals surface area (Å²) in [5.41, 5.74) is 5.89. The molecule has 1 aliphatic carbocycles. The van der Waals surface area contributed by atoms with E-state index in [4.69, 9.17) is 5.73 Å². The zero-order chi connectivity index (χ0) is 13.2. The Kier molecular flexibility index (Phi) is 3.65. The summed E-state index contributed by atoms with van der Waals surface area (Å²) in [5, 5.41) is 10.7. The second-order valence-corrected chi connectivity index (χ2v) is 5.34. The van der Waals surface area contributed by atoms with E-state index in [1.807, 2.05) is 14.0 Å². The van der Waals surface area contributed by atoms with Crippen molar-refractivity contribution in [2.24, 2.45) is 12.8 Å². The minimum atomic E-state index is -0.302. The number of aromatic nitrogens is 3. The van der Waals surface area contributed by atoms with Gasteiger partial charge in [0.15, 0.2) is 5.82 Å². The molecule has 1 saturated carbocycles. The molecule has 1 unspecified atom stereocenters. The number of hydrogen-bond acceptors (Lipinski definition) is 4. The molecular formula is C12H21N5O. The number of hydrogen-bond donors (Lipinski definition) is 2. The van der Waals surface area contributed by atoms with Crippen molar-refractivity contribution in [3.63, 3.8) is 0 Å². The molecule has 0 aromatic carbocycles. The lowest BCUT2D eigenvalue weighted by molar-refractivity contribution is -0.122. The van der Waals surface area contributed by atoms with Crippen LogP contribution in [0.2, 0.25) is 0 Å². The van der Waals surface area contributed by atoms with Crippen LogP contribution < -0.4 is 11.1 Å². The molecule has 6 nitrogen and oxygen atoms in total. The summed E-state index contributed by atoms with van der Waals surface area (Å²) in [7, 11) is 1.86. The number of carbonyl (C=O) groups excluding carboxylic acids is 1. The Hall–Kier alpha value is -1.43. The quantitative estimate of drug-likeness (QED) is 0.823. The molecule has 6 heteroatoms. The number of amides is 1. The van der Waals surface area contributed by atoms with Crippen molar-refractivity contribution in [2.75, 3.05) is 0 Å². The maximum absolute atomic E-state index is 12.0. The van der Waals surface area contributed by atoms with E-state index in [-0.39, 0.29) is 17.5 Å². The molecule has 0 spiro atoms. The SMILES string of the molecule is CC(NC(=O)CC1(N)CCCC1)c1nncn1C. The highest BCUT2D eigenvalue weighted by molar-refractivity contribution is 5.77. The van der Waals surface area contributed by atoms with Crippen LogP contribution in [0.4, 0.5) is 0 Å². The van der Waals surface area contributed by atoms with Crippen LogP contribution in [0.3, 0.4) is 0 Å². The molecule has 0 radical (unpaired) electrons. The largest absolute Gasteiger partial charge is 0.346 e. The first-order chi connectivity index (χ1) is 8.50. The molecule has 1 aromatic rings. The van der Waals surface area contributed by atoms with Gasteiger partial charge in [-0.1, -0.05) is 12.8 Å². The van der Waals surface area contributed by atoms with Crippen molar-refractivity contribution in [1.29, 1.82) is 0 Å². The van der Waals surface area contributed by atoms with Crippen molar-refractivity contribution in [3.8, 4) is 0 Å². The van der Waals surface area contributed by atoms with Gasteiger partial charge < -0.3 is 15.6 Å². The van der Waals surface area contributed by atoms with Crippen molar-refractivity contribution in [1.82, 2.24) is 20.1 Å². The number of nitrogens with one attached hydrogen (secondary N) is 1. The summed E-state index contributed by atoms with van der Waals surface area (Å²) >= 11 is 0. The van der Waals surface area contributed by atoms with Gasteiger partial charge in [-0.2, -0.15) is 0 Å².